The molecule has 1 N–H and O–H groups in total. The molecule has 1 aromatic rings. The van der Waals surface area contributed by atoms with Crippen molar-refractivity contribution in [3.8, 4) is 5.75 Å². The average molecular weight is 209 g/mol. The lowest BCUT2D eigenvalue weighted by Gasteiger charge is -2.03. The Hall–Kier alpha value is -0.960. The quantitative estimate of drug-likeness (QED) is 0.610. The van der Waals surface area contributed by atoms with Gasteiger partial charge in [-0.1, -0.05) is 12.1 Å². The Kier molecular flexibility index (Phi) is 4.53. The molecule has 1 rings (SSSR count). The molecule has 3 heteroatoms. The van der Waals surface area contributed by atoms with Gasteiger partial charge in [0.1, 0.15) is 5.75 Å². The number of phenols is 1. The summed E-state index contributed by atoms with van der Waals surface area (Å²) in [5, 5.41) is 9.55. The van der Waals surface area contributed by atoms with Gasteiger partial charge in [0, 0.05) is 23.6 Å². The molecule has 0 amide bonds. The van der Waals surface area contributed by atoms with Crippen molar-refractivity contribution in [3.63, 3.8) is 0 Å². The van der Waals surface area contributed by atoms with Gasteiger partial charge in [0.15, 0.2) is 0 Å². The highest BCUT2D eigenvalue weighted by Crippen LogP contribution is 2.16. The molecular formula is C11H15NOS. The number of hydrogen-bond donors (Lipinski definition) is 1. The molecule has 0 spiro atoms. The van der Waals surface area contributed by atoms with Crippen LogP contribution in [0.1, 0.15) is 12.5 Å². The summed E-state index contributed by atoms with van der Waals surface area (Å²) in [6.07, 6.45) is 2.06. The van der Waals surface area contributed by atoms with Crippen LogP contribution in [-0.2, 0) is 0 Å². The van der Waals surface area contributed by atoms with Crippen LogP contribution in [0.15, 0.2) is 29.3 Å². The van der Waals surface area contributed by atoms with Crippen molar-refractivity contribution in [2.45, 2.75) is 6.92 Å². The highest BCUT2D eigenvalue weighted by Gasteiger charge is 2.01. The van der Waals surface area contributed by atoms with E-state index in [1.807, 2.05) is 25.1 Å². The van der Waals surface area contributed by atoms with Crippen LogP contribution in [-0.4, -0.2) is 29.4 Å². The predicted molar refractivity (Wildman–Crippen MR) is 63.6 cm³/mol. The normalized spacial score (nSPS) is 11.7. The highest BCUT2D eigenvalue weighted by molar-refractivity contribution is 7.98. The Labute approximate surface area is 89.1 Å². The Morgan fingerprint density at radius 3 is 2.79 bits per heavy atom. The van der Waals surface area contributed by atoms with Crippen LogP contribution in [0.25, 0.3) is 0 Å². The fourth-order valence-electron chi connectivity index (χ4n) is 1.17. The van der Waals surface area contributed by atoms with Crippen molar-refractivity contribution in [3.05, 3.63) is 29.8 Å². The summed E-state index contributed by atoms with van der Waals surface area (Å²) in [4.78, 5) is 4.38. The van der Waals surface area contributed by atoms with Gasteiger partial charge < -0.3 is 5.11 Å². The third kappa shape index (κ3) is 3.07. The van der Waals surface area contributed by atoms with E-state index in [-0.39, 0.29) is 0 Å². The lowest BCUT2D eigenvalue weighted by molar-refractivity contribution is 0.474. The minimum absolute atomic E-state index is 0.304. The van der Waals surface area contributed by atoms with Crippen molar-refractivity contribution in [2.75, 3.05) is 18.6 Å². The molecule has 0 radical (unpaired) electrons. The molecular weight excluding hydrogens is 194 g/mol. The minimum atomic E-state index is 0.304. The van der Waals surface area contributed by atoms with Crippen molar-refractivity contribution in [1.82, 2.24) is 0 Å². The molecule has 0 aromatic heterocycles. The summed E-state index contributed by atoms with van der Waals surface area (Å²) >= 11 is 1.77. The van der Waals surface area contributed by atoms with Gasteiger partial charge in [-0.25, -0.2) is 0 Å². The number of hydrogen-bond acceptors (Lipinski definition) is 3. The smallest absolute Gasteiger partial charge is 0.124 e. The second-order valence-electron chi connectivity index (χ2n) is 2.98. The van der Waals surface area contributed by atoms with Gasteiger partial charge in [-0.15, -0.1) is 0 Å². The number of aromatic hydroxyl groups is 1. The van der Waals surface area contributed by atoms with Crippen molar-refractivity contribution < 1.29 is 5.11 Å². The van der Waals surface area contributed by atoms with Gasteiger partial charge in [-0.3, -0.25) is 4.99 Å². The van der Waals surface area contributed by atoms with E-state index in [1.165, 1.54) is 0 Å². The van der Waals surface area contributed by atoms with E-state index in [0.29, 0.717) is 5.75 Å². The van der Waals surface area contributed by atoms with Crippen LogP contribution in [0.3, 0.4) is 0 Å². The molecule has 0 aliphatic rings. The third-order valence-corrected chi connectivity index (χ3v) is 2.53. The number of phenolic OH excluding ortho intramolecular Hbond substituents is 1. The lowest BCUT2D eigenvalue weighted by atomic mass is 10.1. The summed E-state index contributed by atoms with van der Waals surface area (Å²) in [5.41, 5.74) is 1.73. The second kappa shape index (κ2) is 5.70. The zero-order chi connectivity index (χ0) is 10.4. The predicted octanol–water partition coefficient (Wildman–Crippen LogP) is 2.56. The molecule has 0 aliphatic carbocycles. The summed E-state index contributed by atoms with van der Waals surface area (Å²) in [6, 6.07) is 7.28. The standard InChI is InChI=1S/C11H15NOS/c1-9(12-7-8-14-2)10-5-3-4-6-11(10)13/h3-6,13H,7-8H2,1-2H3/b12-9+. The molecule has 14 heavy (non-hydrogen) atoms. The van der Waals surface area contributed by atoms with Gasteiger partial charge in [0.05, 0.1) is 0 Å². The molecule has 0 bridgehead atoms. The average Bonchev–Trinajstić information content (AvgIpc) is 2.18. The van der Waals surface area contributed by atoms with E-state index in [0.717, 1.165) is 23.6 Å². The molecule has 0 saturated heterocycles. The van der Waals surface area contributed by atoms with Crippen LogP contribution >= 0.6 is 11.8 Å². The third-order valence-electron chi connectivity index (χ3n) is 1.94. The highest BCUT2D eigenvalue weighted by atomic mass is 32.2. The Morgan fingerprint density at radius 1 is 1.43 bits per heavy atom. The van der Waals surface area contributed by atoms with Gasteiger partial charge >= 0.3 is 0 Å². The van der Waals surface area contributed by atoms with Crippen molar-refractivity contribution >= 4 is 17.5 Å². The van der Waals surface area contributed by atoms with E-state index >= 15 is 0 Å². The first-order chi connectivity index (χ1) is 6.75. The number of thioether (sulfide) groups is 1. The number of para-hydroxylation sites is 1. The van der Waals surface area contributed by atoms with Gasteiger partial charge in [-0.05, 0) is 25.3 Å². The fourth-order valence-corrected chi connectivity index (χ4v) is 1.44. The number of benzene rings is 1. The van der Waals surface area contributed by atoms with E-state index in [1.54, 1.807) is 17.8 Å². The molecule has 0 heterocycles. The maximum absolute atomic E-state index is 9.55. The van der Waals surface area contributed by atoms with Crippen LogP contribution in [0.5, 0.6) is 5.75 Å². The summed E-state index contributed by atoms with van der Waals surface area (Å²) in [5.74, 6) is 1.32. The van der Waals surface area contributed by atoms with Crippen LogP contribution in [0.2, 0.25) is 0 Å². The molecule has 76 valence electrons. The van der Waals surface area contributed by atoms with E-state index in [9.17, 15) is 5.11 Å². The molecule has 0 unspecified atom stereocenters. The first-order valence-electron chi connectivity index (χ1n) is 4.54. The number of aliphatic imine (C=N–C) groups is 1. The van der Waals surface area contributed by atoms with E-state index in [4.69, 9.17) is 0 Å². The van der Waals surface area contributed by atoms with Gasteiger partial charge in [0.25, 0.3) is 0 Å². The van der Waals surface area contributed by atoms with Crippen LogP contribution < -0.4 is 0 Å². The molecule has 0 aliphatic heterocycles. The molecule has 0 atom stereocenters. The summed E-state index contributed by atoms with van der Waals surface area (Å²) < 4.78 is 0. The summed E-state index contributed by atoms with van der Waals surface area (Å²) in [6.45, 7) is 2.73. The number of nitrogens with zero attached hydrogens (tertiary/aromatic N) is 1. The number of rotatable bonds is 4. The molecule has 2 nitrogen and oxygen atoms in total. The second-order valence-corrected chi connectivity index (χ2v) is 3.96. The largest absolute Gasteiger partial charge is 0.507 e. The van der Waals surface area contributed by atoms with Gasteiger partial charge in [0.2, 0.25) is 0 Å². The Balaban J connectivity index is 2.73. The lowest BCUT2D eigenvalue weighted by Crippen LogP contribution is -1.97. The van der Waals surface area contributed by atoms with E-state index in [2.05, 4.69) is 11.2 Å². The zero-order valence-electron chi connectivity index (χ0n) is 8.53. The zero-order valence-corrected chi connectivity index (χ0v) is 9.34. The van der Waals surface area contributed by atoms with E-state index < -0.39 is 0 Å². The fraction of sp³-hybridized carbons (Fsp3) is 0.364. The van der Waals surface area contributed by atoms with Crippen molar-refractivity contribution in [1.29, 1.82) is 0 Å². The summed E-state index contributed by atoms with van der Waals surface area (Å²) in [7, 11) is 0. The Morgan fingerprint density at radius 2 is 2.14 bits per heavy atom. The Bertz CT molecular complexity index is 323. The molecule has 0 fully saturated rings. The minimum Gasteiger partial charge on any atom is -0.507 e. The first-order valence-corrected chi connectivity index (χ1v) is 5.93. The van der Waals surface area contributed by atoms with Crippen LogP contribution in [0.4, 0.5) is 0 Å². The topological polar surface area (TPSA) is 32.6 Å². The SMILES string of the molecule is CSCC/N=C(\C)c1ccccc1O. The maximum atomic E-state index is 9.55. The monoisotopic (exact) mass is 209 g/mol. The first kappa shape index (κ1) is 11.1. The molecule has 1 aromatic carbocycles. The molecule has 0 saturated carbocycles. The maximum Gasteiger partial charge on any atom is 0.124 e. The van der Waals surface area contributed by atoms with Crippen LogP contribution in [0, 0.1) is 0 Å². The van der Waals surface area contributed by atoms with Gasteiger partial charge in [-0.2, -0.15) is 11.8 Å². The van der Waals surface area contributed by atoms with Crippen molar-refractivity contribution in [2.24, 2.45) is 4.99 Å².